The molecule has 0 spiro atoms. The van der Waals surface area contributed by atoms with Crippen LogP contribution in [0.1, 0.15) is 31.7 Å². The van der Waals surface area contributed by atoms with Crippen molar-refractivity contribution in [3.8, 4) is 0 Å². The topological polar surface area (TPSA) is 49.4 Å². The SMILES string of the molecule is CCCCN1C[C@H](Cc2ccccc2)[C@@H](CC(=O)NC)C1=O. The molecule has 1 heterocycles. The molecule has 2 amide bonds. The van der Waals surface area contributed by atoms with Crippen LogP contribution < -0.4 is 5.32 Å². The summed E-state index contributed by atoms with van der Waals surface area (Å²) < 4.78 is 0. The third kappa shape index (κ3) is 4.09. The zero-order valence-corrected chi connectivity index (χ0v) is 13.5. The van der Waals surface area contributed by atoms with Crippen LogP contribution in [0.4, 0.5) is 0 Å². The van der Waals surface area contributed by atoms with E-state index in [1.54, 1.807) is 7.05 Å². The van der Waals surface area contributed by atoms with Crippen molar-refractivity contribution in [3.05, 3.63) is 35.9 Å². The molecule has 0 aliphatic carbocycles. The maximum absolute atomic E-state index is 12.6. The highest BCUT2D eigenvalue weighted by molar-refractivity contribution is 5.87. The van der Waals surface area contributed by atoms with Crippen molar-refractivity contribution in [2.24, 2.45) is 11.8 Å². The zero-order chi connectivity index (χ0) is 15.9. The molecule has 4 nitrogen and oxygen atoms in total. The molecule has 1 aromatic rings. The Labute approximate surface area is 132 Å². The second-order valence-corrected chi connectivity index (χ2v) is 6.07. The lowest BCUT2D eigenvalue weighted by atomic mass is 9.87. The summed E-state index contributed by atoms with van der Waals surface area (Å²) in [7, 11) is 1.63. The van der Waals surface area contributed by atoms with E-state index in [1.165, 1.54) is 5.56 Å². The molecular weight excluding hydrogens is 276 g/mol. The number of rotatable bonds is 7. The minimum atomic E-state index is -0.183. The van der Waals surface area contributed by atoms with Crippen molar-refractivity contribution < 1.29 is 9.59 Å². The number of hydrogen-bond donors (Lipinski definition) is 1. The van der Waals surface area contributed by atoms with Crippen LogP contribution in [0.5, 0.6) is 0 Å². The van der Waals surface area contributed by atoms with Crippen LogP contribution in [0.15, 0.2) is 30.3 Å². The van der Waals surface area contributed by atoms with Crippen LogP contribution in [0.25, 0.3) is 0 Å². The Bertz CT molecular complexity index is 501. The van der Waals surface area contributed by atoms with E-state index in [1.807, 2.05) is 23.1 Å². The van der Waals surface area contributed by atoms with Crippen LogP contribution in [0.3, 0.4) is 0 Å². The average molecular weight is 302 g/mol. The van der Waals surface area contributed by atoms with Crippen molar-refractivity contribution in [2.75, 3.05) is 20.1 Å². The highest BCUT2D eigenvalue weighted by Crippen LogP contribution is 2.30. The van der Waals surface area contributed by atoms with Gasteiger partial charge in [-0.2, -0.15) is 0 Å². The molecule has 1 N–H and O–H groups in total. The number of likely N-dealkylation sites (tertiary alicyclic amines) is 1. The van der Waals surface area contributed by atoms with Gasteiger partial charge in [-0.05, 0) is 24.3 Å². The van der Waals surface area contributed by atoms with Gasteiger partial charge in [0.2, 0.25) is 11.8 Å². The van der Waals surface area contributed by atoms with Crippen molar-refractivity contribution in [1.82, 2.24) is 10.2 Å². The number of carbonyl (C=O) groups is 2. The fourth-order valence-electron chi connectivity index (χ4n) is 3.17. The van der Waals surface area contributed by atoms with Gasteiger partial charge in [0.25, 0.3) is 0 Å². The zero-order valence-electron chi connectivity index (χ0n) is 13.5. The fourth-order valence-corrected chi connectivity index (χ4v) is 3.17. The summed E-state index contributed by atoms with van der Waals surface area (Å²) in [6, 6.07) is 10.2. The number of unbranched alkanes of at least 4 members (excludes halogenated alkanes) is 1. The van der Waals surface area contributed by atoms with Gasteiger partial charge in [-0.3, -0.25) is 9.59 Å². The van der Waals surface area contributed by atoms with Crippen molar-refractivity contribution in [1.29, 1.82) is 0 Å². The number of hydrogen-bond acceptors (Lipinski definition) is 2. The summed E-state index contributed by atoms with van der Waals surface area (Å²) in [5.74, 6) is 0.146. The van der Waals surface area contributed by atoms with Crippen LogP contribution in [0, 0.1) is 11.8 Å². The summed E-state index contributed by atoms with van der Waals surface area (Å²) in [6.07, 6.45) is 3.26. The molecule has 0 saturated carbocycles. The predicted octanol–water partition coefficient (Wildman–Crippen LogP) is 2.24. The third-order valence-corrected chi connectivity index (χ3v) is 4.46. The fraction of sp³-hybridized carbons (Fsp3) is 0.556. The normalized spacial score (nSPS) is 21.2. The monoisotopic (exact) mass is 302 g/mol. The van der Waals surface area contributed by atoms with Gasteiger partial charge in [-0.1, -0.05) is 43.7 Å². The lowest BCUT2D eigenvalue weighted by Gasteiger charge is -2.16. The van der Waals surface area contributed by atoms with Gasteiger partial charge in [-0.25, -0.2) is 0 Å². The number of nitrogens with zero attached hydrogens (tertiary/aromatic N) is 1. The molecule has 0 radical (unpaired) electrons. The maximum Gasteiger partial charge on any atom is 0.226 e. The Kier molecular flexibility index (Phi) is 5.99. The second-order valence-electron chi connectivity index (χ2n) is 6.07. The number of benzene rings is 1. The van der Waals surface area contributed by atoms with Gasteiger partial charge in [0.05, 0.1) is 5.92 Å². The molecule has 1 saturated heterocycles. The smallest absolute Gasteiger partial charge is 0.226 e. The lowest BCUT2D eigenvalue weighted by Crippen LogP contribution is -2.31. The highest BCUT2D eigenvalue weighted by Gasteiger charge is 2.40. The average Bonchev–Trinajstić information content (AvgIpc) is 2.82. The summed E-state index contributed by atoms with van der Waals surface area (Å²) >= 11 is 0. The van der Waals surface area contributed by atoms with E-state index in [0.717, 1.165) is 32.4 Å². The van der Waals surface area contributed by atoms with Crippen molar-refractivity contribution >= 4 is 11.8 Å². The van der Waals surface area contributed by atoms with Crippen molar-refractivity contribution in [3.63, 3.8) is 0 Å². The molecule has 4 heteroatoms. The number of amides is 2. The Hall–Kier alpha value is -1.84. The molecule has 2 atom stereocenters. The van der Waals surface area contributed by atoms with Crippen molar-refractivity contribution in [2.45, 2.75) is 32.6 Å². The van der Waals surface area contributed by atoms with Crippen LogP contribution in [0.2, 0.25) is 0 Å². The van der Waals surface area contributed by atoms with E-state index >= 15 is 0 Å². The summed E-state index contributed by atoms with van der Waals surface area (Å²) in [4.78, 5) is 26.3. The van der Waals surface area contributed by atoms with Gasteiger partial charge in [0.1, 0.15) is 0 Å². The molecule has 22 heavy (non-hydrogen) atoms. The van der Waals surface area contributed by atoms with E-state index in [-0.39, 0.29) is 23.7 Å². The van der Waals surface area contributed by atoms with Crippen LogP contribution in [-0.2, 0) is 16.0 Å². The second kappa shape index (κ2) is 7.97. The summed E-state index contributed by atoms with van der Waals surface area (Å²) in [6.45, 7) is 3.71. The molecule has 1 aromatic carbocycles. The molecular formula is C18H26N2O2. The first-order valence-corrected chi connectivity index (χ1v) is 8.19. The van der Waals surface area contributed by atoms with Gasteiger partial charge >= 0.3 is 0 Å². The van der Waals surface area contributed by atoms with Crippen LogP contribution >= 0.6 is 0 Å². The van der Waals surface area contributed by atoms with Gasteiger partial charge in [0.15, 0.2) is 0 Å². The standard InChI is InChI=1S/C18H26N2O2/c1-3-4-10-20-13-15(11-14-8-6-5-7-9-14)16(18(20)22)12-17(21)19-2/h5-9,15-16H,3-4,10-13H2,1-2H3,(H,19,21)/t15-,16+/m0/s1. The Morgan fingerprint density at radius 2 is 2.05 bits per heavy atom. The molecule has 0 aromatic heterocycles. The number of nitrogens with one attached hydrogen (secondary N) is 1. The molecule has 1 aliphatic rings. The lowest BCUT2D eigenvalue weighted by molar-refractivity contribution is -0.134. The molecule has 0 bridgehead atoms. The quantitative estimate of drug-likeness (QED) is 0.840. The Balaban J connectivity index is 2.09. The molecule has 0 unspecified atom stereocenters. The highest BCUT2D eigenvalue weighted by atomic mass is 16.2. The van der Waals surface area contributed by atoms with Gasteiger partial charge in [-0.15, -0.1) is 0 Å². The Morgan fingerprint density at radius 1 is 1.32 bits per heavy atom. The van der Waals surface area contributed by atoms with Crippen LogP contribution in [-0.4, -0.2) is 36.9 Å². The first kappa shape index (κ1) is 16.5. The van der Waals surface area contributed by atoms with E-state index < -0.39 is 0 Å². The van der Waals surface area contributed by atoms with E-state index in [0.29, 0.717) is 6.42 Å². The molecule has 1 fully saturated rings. The first-order valence-electron chi connectivity index (χ1n) is 8.19. The third-order valence-electron chi connectivity index (χ3n) is 4.46. The van der Waals surface area contributed by atoms with E-state index in [2.05, 4.69) is 24.4 Å². The minimum Gasteiger partial charge on any atom is -0.359 e. The molecule has 120 valence electrons. The number of carbonyl (C=O) groups excluding carboxylic acids is 2. The van der Waals surface area contributed by atoms with Gasteiger partial charge < -0.3 is 10.2 Å². The largest absolute Gasteiger partial charge is 0.359 e. The maximum atomic E-state index is 12.6. The molecule has 2 rings (SSSR count). The van der Waals surface area contributed by atoms with E-state index in [9.17, 15) is 9.59 Å². The van der Waals surface area contributed by atoms with E-state index in [4.69, 9.17) is 0 Å². The predicted molar refractivity (Wildman–Crippen MR) is 87.3 cm³/mol. The van der Waals surface area contributed by atoms with Gasteiger partial charge in [0, 0.05) is 26.6 Å². The molecule has 1 aliphatic heterocycles. The first-order chi connectivity index (χ1) is 10.7. The summed E-state index contributed by atoms with van der Waals surface area (Å²) in [5.41, 5.74) is 1.24. The minimum absolute atomic E-state index is 0.0475. The Morgan fingerprint density at radius 3 is 2.68 bits per heavy atom. The summed E-state index contributed by atoms with van der Waals surface area (Å²) in [5, 5.41) is 2.65.